The second-order valence-electron chi connectivity index (χ2n) is 5.46. The fourth-order valence-corrected chi connectivity index (χ4v) is 2.52. The number of benzene rings is 1. The van der Waals surface area contributed by atoms with Gasteiger partial charge in [-0.05, 0) is 24.3 Å². The van der Waals surface area contributed by atoms with E-state index in [0.717, 1.165) is 12.1 Å². The van der Waals surface area contributed by atoms with E-state index in [9.17, 15) is 26.7 Å². The first kappa shape index (κ1) is 19.4. The maximum atomic E-state index is 13.2. The van der Waals surface area contributed by atoms with Gasteiger partial charge in [-0.3, -0.25) is 9.69 Å². The molecule has 1 aromatic rings. The number of carbonyl (C=O) groups is 1. The molecule has 25 heavy (non-hydrogen) atoms. The summed E-state index contributed by atoms with van der Waals surface area (Å²) in [5, 5.41) is 5.22. The van der Waals surface area contributed by atoms with Crippen LogP contribution in [0.3, 0.4) is 0 Å². The third-order valence-corrected chi connectivity index (χ3v) is 3.77. The number of nitrogens with zero attached hydrogens (tertiary/aromatic N) is 1. The Morgan fingerprint density at radius 3 is 2.32 bits per heavy atom. The lowest BCUT2D eigenvalue weighted by Crippen LogP contribution is -2.57. The summed E-state index contributed by atoms with van der Waals surface area (Å²) in [6, 6.07) is 2.94. The molecule has 2 rings (SSSR count). The molecule has 1 saturated heterocycles. The van der Waals surface area contributed by atoms with Gasteiger partial charge >= 0.3 is 12.8 Å². The molecule has 0 radical (unpaired) electrons. The van der Waals surface area contributed by atoms with Crippen molar-refractivity contribution in [1.29, 1.82) is 0 Å². The first-order valence-corrected chi connectivity index (χ1v) is 7.62. The van der Waals surface area contributed by atoms with Crippen LogP contribution in [0.2, 0.25) is 0 Å². The fraction of sp³-hybridized carbons (Fsp3) is 0.533. The van der Waals surface area contributed by atoms with Gasteiger partial charge in [0.05, 0.1) is 0 Å². The Hall–Kier alpha value is -1.94. The number of hydrogen-bond donors (Lipinski definition) is 2. The van der Waals surface area contributed by atoms with E-state index in [0.29, 0.717) is 13.1 Å². The van der Waals surface area contributed by atoms with E-state index in [1.807, 2.05) is 0 Å². The van der Waals surface area contributed by atoms with Crippen molar-refractivity contribution in [1.82, 2.24) is 15.5 Å². The number of hydrogen-bond acceptors (Lipinski definition) is 4. The van der Waals surface area contributed by atoms with Crippen LogP contribution in [0, 0.1) is 0 Å². The summed E-state index contributed by atoms with van der Waals surface area (Å²) in [5.41, 5.74) is 0.0582. The number of carbonyl (C=O) groups excluding carboxylic acids is 1. The Kier molecular flexibility index (Phi) is 6.54. The smallest absolute Gasteiger partial charge is 0.405 e. The number of halogens is 5. The quantitative estimate of drug-likeness (QED) is 0.754. The molecule has 0 saturated carbocycles. The van der Waals surface area contributed by atoms with Crippen LogP contribution in [-0.4, -0.2) is 62.4 Å². The standard InChI is InChI=1S/C15H18F5N3O2/c16-14(17)25-11-3-1-10(2-4-11)13(24)22-9-12(15(18,19)20)23-7-5-21-6-8-23/h1-4,12,14,21H,5-9H2,(H,22,24). The zero-order chi connectivity index (χ0) is 18.4. The molecule has 1 atom stereocenters. The lowest BCUT2D eigenvalue weighted by molar-refractivity contribution is -0.183. The van der Waals surface area contributed by atoms with Crippen molar-refractivity contribution < 1.29 is 31.5 Å². The van der Waals surface area contributed by atoms with Gasteiger partial charge in [-0.1, -0.05) is 0 Å². The van der Waals surface area contributed by atoms with Crippen molar-refractivity contribution in [3.05, 3.63) is 29.8 Å². The van der Waals surface area contributed by atoms with E-state index in [1.165, 1.54) is 17.0 Å². The van der Waals surface area contributed by atoms with E-state index in [1.54, 1.807) is 0 Å². The average molecular weight is 367 g/mol. The molecule has 0 bridgehead atoms. The molecule has 1 amide bonds. The minimum absolute atomic E-state index is 0.0582. The van der Waals surface area contributed by atoms with Crippen LogP contribution >= 0.6 is 0 Å². The van der Waals surface area contributed by atoms with E-state index < -0.39 is 31.3 Å². The van der Waals surface area contributed by atoms with Crippen molar-refractivity contribution in [2.45, 2.75) is 18.8 Å². The molecule has 1 aliphatic rings. The van der Waals surface area contributed by atoms with Crippen molar-refractivity contribution in [3.63, 3.8) is 0 Å². The zero-order valence-corrected chi connectivity index (χ0v) is 13.2. The fourth-order valence-electron chi connectivity index (χ4n) is 2.52. The third-order valence-electron chi connectivity index (χ3n) is 3.77. The van der Waals surface area contributed by atoms with Crippen molar-refractivity contribution in [2.24, 2.45) is 0 Å². The lowest BCUT2D eigenvalue weighted by Gasteiger charge is -2.35. The van der Waals surface area contributed by atoms with Crippen LogP contribution in [0.4, 0.5) is 22.0 Å². The number of nitrogens with one attached hydrogen (secondary N) is 2. The molecule has 10 heteroatoms. The topological polar surface area (TPSA) is 53.6 Å². The van der Waals surface area contributed by atoms with Crippen LogP contribution in [-0.2, 0) is 0 Å². The van der Waals surface area contributed by atoms with Gasteiger partial charge in [0.1, 0.15) is 11.8 Å². The summed E-state index contributed by atoms with van der Waals surface area (Å²) in [6.07, 6.45) is -4.47. The maximum Gasteiger partial charge on any atom is 0.405 e. The largest absolute Gasteiger partial charge is 0.435 e. The summed E-state index contributed by atoms with van der Waals surface area (Å²) >= 11 is 0. The Morgan fingerprint density at radius 1 is 1.20 bits per heavy atom. The van der Waals surface area contributed by atoms with E-state index >= 15 is 0 Å². The van der Waals surface area contributed by atoms with Crippen LogP contribution in [0.15, 0.2) is 24.3 Å². The molecule has 2 N–H and O–H groups in total. The third kappa shape index (κ3) is 5.82. The second-order valence-corrected chi connectivity index (χ2v) is 5.46. The van der Waals surface area contributed by atoms with E-state index in [4.69, 9.17) is 0 Å². The Balaban J connectivity index is 1.95. The van der Waals surface area contributed by atoms with Gasteiger partial charge < -0.3 is 15.4 Å². The number of piperazine rings is 1. The molecule has 0 aliphatic carbocycles. The summed E-state index contributed by atoms with van der Waals surface area (Å²) in [6.45, 7) is -2.21. The molecular weight excluding hydrogens is 349 g/mol. The number of rotatable bonds is 6. The molecule has 140 valence electrons. The van der Waals surface area contributed by atoms with Gasteiger partial charge in [0.2, 0.25) is 0 Å². The Morgan fingerprint density at radius 2 is 1.80 bits per heavy atom. The average Bonchev–Trinajstić information content (AvgIpc) is 2.54. The Bertz CT molecular complexity index is 559. The number of amides is 1. The predicted octanol–water partition coefficient (Wildman–Crippen LogP) is 1.85. The Labute approximate surface area is 141 Å². The number of ether oxygens (including phenoxy) is 1. The minimum atomic E-state index is -4.47. The number of alkyl halides is 5. The molecule has 0 aromatic heterocycles. The highest BCUT2D eigenvalue weighted by atomic mass is 19.4. The molecule has 1 fully saturated rings. The van der Waals surface area contributed by atoms with E-state index in [2.05, 4.69) is 15.4 Å². The van der Waals surface area contributed by atoms with Gasteiger partial charge in [0.15, 0.2) is 0 Å². The van der Waals surface area contributed by atoms with Gasteiger partial charge in [0.25, 0.3) is 5.91 Å². The first-order valence-electron chi connectivity index (χ1n) is 7.62. The van der Waals surface area contributed by atoms with Gasteiger partial charge in [-0.15, -0.1) is 0 Å². The molecule has 1 aliphatic heterocycles. The van der Waals surface area contributed by atoms with E-state index in [-0.39, 0.29) is 24.4 Å². The van der Waals surface area contributed by atoms with Crippen LogP contribution in [0.5, 0.6) is 5.75 Å². The van der Waals surface area contributed by atoms with Crippen molar-refractivity contribution >= 4 is 5.91 Å². The highest BCUT2D eigenvalue weighted by Crippen LogP contribution is 2.25. The monoisotopic (exact) mass is 367 g/mol. The van der Waals surface area contributed by atoms with Gasteiger partial charge in [-0.2, -0.15) is 22.0 Å². The minimum Gasteiger partial charge on any atom is -0.435 e. The van der Waals surface area contributed by atoms with Crippen LogP contribution in [0.25, 0.3) is 0 Å². The molecule has 1 heterocycles. The molecule has 5 nitrogen and oxygen atoms in total. The normalized spacial score (nSPS) is 17.4. The van der Waals surface area contributed by atoms with Gasteiger partial charge in [0, 0.05) is 38.3 Å². The first-order chi connectivity index (χ1) is 11.8. The highest BCUT2D eigenvalue weighted by Gasteiger charge is 2.43. The van der Waals surface area contributed by atoms with Crippen molar-refractivity contribution in [2.75, 3.05) is 32.7 Å². The summed E-state index contributed by atoms with van der Waals surface area (Å²) in [5.74, 6) is -0.853. The molecular formula is C15H18F5N3O2. The van der Waals surface area contributed by atoms with Crippen LogP contribution in [0.1, 0.15) is 10.4 Å². The SMILES string of the molecule is O=C(NCC(N1CCNCC1)C(F)(F)F)c1ccc(OC(F)F)cc1. The summed E-state index contributed by atoms with van der Waals surface area (Å²) in [7, 11) is 0. The lowest BCUT2D eigenvalue weighted by atomic mass is 10.1. The molecule has 1 unspecified atom stereocenters. The zero-order valence-electron chi connectivity index (χ0n) is 13.2. The predicted molar refractivity (Wildman–Crippen MR) is 79.7 cm³/mol. The van der Waals surface area contributed by atoms with Crippen LogP contribution < -0.4 is 15.4 Å². The highest BCUT2D eigenvalue weighted by molar-refractivity contribution is 5.94. The van der Waals surface area contributed by atoms with Gasteiger partial charge in [-0.25, -0.2) is 0 Å². The molecule has 0 spiro atoms. The second kappa shape index (κ2) is 8.43. The molecule has 1 aromatic carbocycles. The summed E-state index contributed by atoms with van der Waals surface area (Å²) < 4.78 is 68.0. The summed E-state index contributed by atoms with van der Waals surface area (Å²) in [4.78, 5) is 13.3. The van der Waals surface area contributed by atoms with Crippen molar-refractivity contribution in [3.8, 4) is 5.75 Å². The maximum absolute atomic E-state index is 13.2.